The van der Waals surface area contributed by atoms with Crippen LogP contribution in [0.3, 0.4) is 0 Å². The molecule has 0 radical (unpaired) electrons. The number of benzene rings is 2. The van der Waals surface area contributed by atoms with Gasteiger partial charge in [-0.25, -0.2) is 0 Å². The first-order chi connectivity index (χ1) is 24.1. The molecule has 10 nitrogen and oxygen atoms in total. The summed E-state index contributed by atoms with van der Waals surface area (Å²) in [7, 11) is 1.64. The van der Waals surface area contributed by atoms with E-state index in [1.54, 1.807) is 59.0 Å². The van der Waals surface area contributed by atoms with Gasteiger partial charge < -0.3 is 36.1 Å². The molecule has 0 saturated heterocycles. The first-order valence-electron chi connectivity index (χ1n) is 18.7. The van der Waals surface area contributed by atoms with E-state index in [1.807, 2.05) is 44.2 Å². The van der Waals surface area contributed by atoms with Crippen molar-refractivity contribution in [2.45, 2.75) is 116 Å². The lowest BCUT2D eigenvalue weighted by Crippen LogP contribution is -2.53. The number of carbonyl (C=O) groups excluding carboxylic acids is 3. The normalized spacial score (nSPS) is 18.2. The Kier molecular flexibility index (Phi) is 16.1. The molecule has 2 aromatic carbocycles. The number of ether oxygens (including phenoxy) is 2. The van der Waals surface area contributed by atoms with Gasteiger partial charge in [-0.3, -0.25) is 14.4 Å². The second kappa shape index (κ2) is 19.5. The zero-order chi connectivity index (χ0) is 37.9. The van der Waals surface area contributed by atoms with E-state index in [1.165, 1.54) is 11.3 Å². The summed E-state index contributed by atoms with van der Waals surface area (Å²) in [6.07, 6.45) is 3.64. The maximum Gasteiger partial charge on any atom is 0.257 e. The molecule has 10 heteroatoms. The van der Waals surface area contributed by atoms with Crippen molar-refractivity contribution in [3.63, 3.8) is 0 Å². The highest BCUT2D eigenvalue weighted by Gasteiger charge is 2.42. The van der Waals surface area contributed by atoms with Crippen LogP contribution >= 0.6 is 0 Å². The van der Waals surface area contributed by atoms with E-state index >= 15 is 0 Å². The minimum Gasteiger partial charge on any atom is -0.490 e. The van der Waals surface area contributed by atoms with Crippen molar-refractivity contribution in [1.82, 2.24) is 4.90 Å². The Morgan fingerprint density at radius 1 is 0.863 bits per heavy atom. The number of nitrogens with two attached hydrogens (primary N) is 2. The number of aliphatic hydroxyl groups excluding tert-OH is 2. The molecule has 2 aromatic rings. The molecule has 7 atom stereocenters. The molecule has 3 rings (SSSR count). The zero-order valence-electron chi connectivity index (χ0n) is 31.8. The van der Waals surface area contributed by atoms with Gasteiger partial charge in [-0.15, -0.1) is 0 Å². The van der Waals surface area contributed by atoms with E-state index in [-0.39, 0.29) is 36.4 Å². The van der Waals surface area contributed by atoms with Crippen LogP contribution in [0.25, 0.3) is 0 Å². The quantitative estimate of drug-likeness (QED) is 0.132. The fourth-order valence-corrected chi connectivity index (χ4v) is 7.19. The largest absolute Gasteiger partial charge is 0.490 e. The molecule has 284 valence electrons. The predicted molar refractivity (Wildman–Crippen MR) is 200 cm³/mol. The molecule has 3 unspecified atom stereocenters. The number of para-hydroxylation sites is 2. The summed E-state index contributed by atoms with van der Waals surface area (Å²) in [6.45, 7) is 11.3. The van der Waals surface area contributed by atoms with Crippen LogP contribution in [0.4, 0.5) is 0 Å². The molecule has 0 bridgehead atoms. The Morgan fingerprint density at radius 2 is 1.45 bits per heavy atom. The van der Waals surface area contributed by atoms with Crippen LogP contribution in [0.5, 0.6) is 11.5 Å². The molecule has 51 heavy (non-hydrogen) atoms. The van der Waals surface area contributed by atoms with E-state index in [0.29, 0.717) is 30.3 Å². The van der Waals surface area contributed by atoms with Gasteiger partial charge in [0.15, 0.2) is 5.78 Å². The first kappa shape index (κ1) is 42.1. The Bertz CT molecular complexity index is 1390. The SMILES string of the molecule is CC(C)C(C(=O)[C@H](C)[C@@H](C)[C@@H](N)C(=O)CC(C)(C)N(C)C(=O)c1ccccc1OCCOc1ccccc1)C(O)C(O)[C@@H](N)CC1CCCCC1. The van der Waals surface area contributed by atoms with Gasteiger partial charge in [-0.05, 0) is 62.3 Å². The van der Waals surface area contributed by atoms with Crippen LogP contribution in [0.2, 0.25) is 0 Å². The maximum absolute atomic E-state index is 13.9. The van der Waals surface area contributed by atoms with Gasteiger partial charge in [0, 0.05) is 36.9 Å². The van der Waals surface area contributed by atoms with E-state index in [2.05, 4.69) is 0 Å². The van der Waals surface area contributed by atoms with Gasteiger partial charge in [0.05, 0.1) is 23.8 Å². The van der Waals surface area contributed by atoms with Gasteiger partial charge in [-0.2, -0.15) is 0 Å². The average Bonchev–Trinajstić information content (AvgIpc) is 3.12. The van der Waals surface area contributed by atoms with E-state index in [4.69, 9.17) is 20.9 Å². The minimum atomic E-state index is -1.33. The highest BCUT2D eigenvalue weighted by atomic mass is 16.5. The van der Waals surface area contributed by atoms with Gasteiger partial charge >= 0.3 is 0 Å². The summed E-state index contributed by atoms with van der Waals surface area (Å²) in [5, 5.41) is 22.4. The van der Waals surface area contributed by atoms with Gasteiger partial charge in [-0.1, -0.05) is 90.1 Å². The van der Waals surface area contributed by atoms with Crippen LogP contribution in [0.1, 0.15) is 96.8 Å². The van der Waals surface area contributed by atoms with Crippen LogP contribution in [0, 0.1) is 29.6 Å². The summed E-state index contributed by atoms with van der Waals surface area (Å²) in [6, 6.07) is 14.7. The Balaban J connectivity index is 1.61. The molecule has 0 spiro atoms. The number of rotatable bonds is 20. The zero-order valence-corrected chi connectivity index (χ0v) is 31.8. The molecule has 0 aromatic heterocycles. The smallest absolute Gasteiger partial charge is 0.257 e. The van der Waals surface area contributed by atoms with Crippen molar-refractivity contribution in [3.8, 4) is 11.5 Å². The Morgan fingerprint density at radius 3 is 2.08 bits per heavy atom. The summed E-state index contributed by atoms with van der Waals surface area (Å²) < 4.78 is 11.6. The number of nitrogens with zero attached hydrogens (tertiary/aromatic N) is 1. The van der Waals surface area contributed by atoms with E-state index in [9.17, 15) is 24.6 Å². The number of hydrogen-bond donors (Lipinski definition) is 4. The van der Waals surface area contributed by atoms with Crippen LogP contribution in [-0.2, 0) is 9.59 Å². The number of carbonyl (C=O) groups is 3. The standard InChI is InChI=1S/C41H63N3O7/c1-26(2)35(39(48)38(47)32(42)24-29-16-10-8-11-17-29)37(46)28(4)27(3)36(43)33(45)25-41(5,6)44(7)40(49)31-20-14-15-21-34(31)51-23-22-50-30-18-12-9-13-19-30/h9,12-15,18-21,26-29,32,35-36,38-39,47-48H,8,10-11,16-17,22-25,42-43H2,1-7H3/t27-,28-,32+,35?,36-,38?,39?/m1/s1. The van der Waals surface area contributed by atoms with Crippen LogP contribution in [-0.4, -0.2) is 82.7 Å². The molecule has 1 saturated carbocycles. The average molecular weight is 710 g/mol. The number of amides is 1. The van der Waals surface area contributed by atoms with Crippen LogP contribution < -0.4 is 20.9 Å². The summed E-state index contributed by atoms with van der Waals surface area (Å²) in [5.74, 6) is -1.68. The van der Waals surface area contributed by atoms with Crippen molar-refractivity contribution < 1.29 is 34.1 Å². The molecule has 6 N–H and O–H groups in total. The van der Waals surface area contributed by atoms with Gasteiger partial charge in [0.2, 0.25) is 0 Å². The second-order valence-electron chi connectivity index (χ2n) is 15.6. The molecule has 1 aliphatic carbocycles. The third kappa shape index (κ3) is 11.6. The van der Waals surface area contributed by atoms with Crippen molar-refractivity contribution in [3.05, 3.63) is 60.2 Å². The van der Waals surface area contributed by atoms with Crippen molar-refractivity contribution in [2.75, 3.05) is 20.3 Å². The van der Waals surface area contributed by atoms with Gasteiger partial charge in [0.25, 0.3) is 5.91 Å². The third-order valence-electron chi connectivity index (χ3n) is 11.0. The fourth-order valence-electron chi connectivity index (χ4n) is 7.19. The maximum atomic E-state index is 13.9. The van der Waals surface area contributed by atoms with Crippen LogP contribution in [0.15, 0.2) is 54.6 Å². The number of Topliss-reactive ketones (excluding diaryl/α,β-unsaturated/α-hetero) is 2. The molecule has 1 aliphatic rings. The monoisotopic (exact) mass is 709 g/mol. The summed E-state index contributed by atoms with van der Waals surface area (Å²) in [5.41, 5.74) is 12.3. The number of ketones is 2. The highest BCUT2D eigenvalue weighted by Crippen LogP contribution is 2.32. The molecule has 0 heterocycles. The van der Waals surface area contributed by atoms with Gasteiger partial charge in [0.1, 0.15) is 30.5 Å². The first-order valence-corrected chi connectivity index (χ1v) is 18.7. The third-order valence-corrected chi connectivity index (χ3v) is 11.0. The Hall–Kier alpha value is -3.31. The lowest BCUT2D eigenvalue weighted by atomic mass is 9.73. The van der Waals surface area contributed by atoms with Crippen molar-refractivity contribution in [2.24, 2.45) is 41.1 Å². The lowest BCUT2D eigenvalue weighted by molar-refractivity contribution is -0.139. The predicted octanol–water partition coefficient (Wildman–Crippen LogP) is 5.41. The highest BCUT2D eigenvalue weighted by molar-refractivity contribution is 5.98. The van der Waals surface area contributed by atoms with Crippen molar-refractivity contribution >= 4 is 17.5 Å². The molecular weight excluding hydrogens is 646 g/mol. The number of hydrogen-bond acceptors (Lipinski definition) is 9. The lowest BCUT2D eigenvalue weighted by Gasteiger charge is -2.38. The second-order valence-corrected chi connectivity index (χ2v) is 15.6. The Labute approximate surface area is 305 Å². The summed E-state index contributed by atoms with van der Waals surface area (Å²) in [4.78, 5) is 42.8. The number of aliphatic hydroxyl groups is 2. The topological polar surface area (TPSA) is 165 Å². The van der Waals surface area contributed by atoms with E-state index < -0.39 is 47.6 Å². The molecular formula is C41H63N3O7. The molecule has 0 aliphatic heterocycles. The van der Waals surface area contributed by atoms with E-state index in [0.717, 1.165) is 31.4 Å². The molecule has 1 fully saturated rings. The van der Waals surface area contributed by atoms with Crippen molar-refractivity contribution in [1.29, 1.82) is 0 Å². The minimum absolute atomic E-state index is 0.0411. The molecule has 1 amide bonds. The fraction of sp³-hybridized carbons (Fsp3) is 0.634. The summed E-state index contributed by atoms with van der Waals surface area (Å²) >= 11 is 0.